The summed E-state index contributed by atoms with van der Waals surface area (Å²) in [6.45, 7) is 1.76. The molecule has 1 atom stereocenters. The van der Waals surface area contributed by atoms with E-state index in [2.05, 4.69) is 10.2 Å². The lowest BCUT2D eigenvalue weighted by Gasteiger charge is -2.25. The third-order valence-electron chi connectivity index (χ3n) is 4.93. The zero-order chi connectivity index (χ0) is 22.1. The van der Waals surface area contributed by atoms with Gasteiger partial charge in [0.2, 0.25) is 11.8 Å². The van der Waals surface area contributed by atoms with E-state index >= 15 is 0 Å². The molecule has 0 saturated carbocycles. The molecule has 1 aromatic heterocycles. The van der Waals surface area contributed by atoms with Gasteiger partial charge in [0.25, 0.3) is 5.69 Å². The highest BCUT2D eigenvalue weighted by atomic mass is 19.1. The Hall–Kier alpha value is -4.39. The van der Waals surface area contributed by atoms with E-state index in [4.69, 9.17) is 15.2 Å². The van der Waals surface area contributed by atoms with E-state index in [1.165, 1.54) is 30.3 Å². The number of aromatic nitrogens is 2. The summed E-state index contributed by atoms with van der Waals surface area (Å²) < 4.78 is 24.8. The smallest absolute Gasteiger partial charge is 0.270 e. The highest BCUT2D eigenvalue weighted by molar-refractivity contribution is 5.60. The van der Waals surface area contributed by atoms with Gasteiger partial charge >= 0.3 is 0 Å². The number of nitrogens with two attached hydrogens (primary N) is 1. The van der Waals surface area contributed by atoms with Crippen molar-refractivity contribution in [1.29, 1.82) is 5.26 Å². The summed E-state index contributed by atoms with van der Waals surface area (Å²) in [5, 5.41) is 28.0. The number of hydrogen-bond donors (Lipinski definition) is 2. The molecule has 0 unspecified atom stereocenters. The number of H-pyrrole nitrogens is 1. The van der Waals surface area contributed by atoms with Gasteiger partial charge in [-0.3, -0.25) is 15.2 Å². The molecule has 3 N–H and O–H groups in total. The number of benzene rings is 2. The van der Waals surface area contributed by atoms with Crippen molar-refractivity contribution in [2.75, 3.05) is 0 Å². The van der Waals surface area contributed by atoms with Crippen molar-refractivity contribution < 1.29 is 18.8 Å². The average molecular weight is 421 g/mol. The van der Waals surface area contributed by atoms with E-state index in [0.29, 0.717) is 22.4 Å². The van der Waals surface area contributed by atoms with Crippen molar-refractivity contribution >= 4 is 5.69 Å². The highest BCUT2D eigenvalue weighted by Gasteiger charge is 2.36. The normalized spacial score (nSPS) is 15.1. The van der Waals surface area contributed by atoms with Crippen LogP contribution in [0.15, 0.2) is 53.9 Å². The number of nitrogens with one attached hydrogen (secondary N) is 1. The molecule has 0 aliphatic carbocycles. The summed E-state index contributed by atoms with van der Waals surface area (Å²) in [4.78, 5) is 10.9. The number of rotatable bonds is 5. The van der Waals surface area contributed by atoms with Crippen LogP contribution in [-0.2, 0) is 6.61 Å². The Kier molecular flexibility index (Phi) is 5.00. The fourth-order valence-corrected chi connectivity index (χ4v) is 3.50. The van der Waals surface area contributed by atoms with Gasteiger partial charge in [-0.25, -0.2) is 4.39 Å². The third kappa shape index (κ3) is 3.64. The largest absolute Gasteiger partial charge is 0.489 e. The van der Waals surface area contributed by atoms with Gasteiger partial charge in [-0.05, 0) is 30.7 Å². The average Bonchev–Trinajstić information content (AvgIpc) is 3.11. The third-order valence-corrected chi connectivity index (χ3v) is 4.93. The number of halogens is 1. The summed E-state index contributed by atoms with van der Waals surface area (Å²) in [6, 6.07) is 12.0. The quantitative estimate of drug-likeness (QED) is 0.474. The zero-order valence-corrected chi connectivity index (χ0v) is 16.3. The molecule has 2 heterocycles. The van der Waals surface area contributed by atoms with Gasteiger partial charge in [0.15, 0.2) is 0 Å². The maximum absolute atomic E-state index is 13.5. The maximum Gasteiger partial charge on any atom is 0.270 e. The van der Waals surface area contributed by atoms with Gasteiger partial charge in [-0.2, -0.15) is 5.26 Å². The van der Waals surface area contributed by atoms with E-state index in [1.807, 2.05) is 6.07 Å². The van der Waals surface area contributed by atoms with Crippen LogP contribution in [0.3, 0.4) is 0 Å². The fraction of sp³-hybridized carbons (Fsp3) is 0.143. The Morgan fingerprint density at radius 2 is 2.19 bits per heavy atom. The maximum atomic E-state index is 13.5. The Balaban J connectivity index is 1.84. The van der Waals surface area contributed by atoms with Crippen molar-refractivity contribution in [3.8, 4) is 17.7 Å². The van der Waals surface area contributed by atoms with Gasteiger partial charge in [0, 0.05) is 29.0 Å². The number of nitro benzene ring substituents is 1. The van der Waals surface area contributed by atoms with Gasteiger partial charge in [-0.1, -0.05) is 12.1 Å². The van der Waals surface area contributed by atoms with Crippen LogP contribution in [0.25, 0.3) is 0 Å². The van der Waals surface area contributed by atoms with Gasteiger partial charge in [0.1, 0.15) is 29.8 Å². The lowest BCUT2D eigenvalue weighted by Crippen LogP contribution is -2.21. The topological polar surface area (TPSA) is 140 Å². The number of aryl methyl sites for hydroxylation is 1. The first-order chi connectivity index (χ1) is 14.9. The number of nitriles is 1. The Bertz CT molecular complexity index is 1260. The summed E-state index contributed by atoms with van der Waals surface area (Å²) in [7, 11) is 0. The van der Waals surface area contributed by atoms with E-state index in [-0.39, 0.29) is 35.4 Å². The molecule has 10 heteroatoms. The van der Waals surface area contributed by atoms with Gasteiger partial charge in [0.05, 0.1) is 10.8 Å². The molecule has 0 saturated heterocycles. The number of aromatic amines is 1. The minimum absolute atomic E-state index is 0.0180. The lowest BCUT2D eigenvalue weighted by atomic mass is 9.83. The molecular formula is C21H16FN5O4. The second-order valence-electron chi connectivity index (χ2n) is 6.89. The number of nitrogens with zero attached hydrogens (tertiary/aromatic N) is 3. The minimum atomic E-state index is -0.796. The zero-order valence-electron chi connectivity index (χ0n) is 16.3. The van der Waals surface area contributed by atoms with Crippen LogP contribution in [0.1, 0.15) is 28.3 Å². The van der Waals surface area contributed by atoms with Crippen LogP contribution in [0, 0.1) is 34.2 Å². The van der Waals surface area contributed by atoms with Crippen molar-refractivity contribution in [2.45, 2.75) is 19.4 Å². The van der Waals surface area contributed by atoms with E-state index in [9.17, 15) is 19.8 Å². The second kappa shape index (κ2) is 7.79. The SMILES string of the molecule is Cc1[nH]nc2c1[C@@H](c1cc([N+](=O)[O-])ccc1OCc1cccc(F)c1)C(C#N)=C(N)O2. The Morgan fingerprint density at radius 3 is 2.90 bits per heavy atom. The number of ether oxygens (including phenoxy) is 2. The molecule has 9 nitrogen and oxygen atoms in total. The van der Waals surface area contributed by atoms with Crippen LogP contribution in [-0.4, -0.2) is 15.1 Å². The number of fused-ring (bicyclic) bond motifs is 1. The Labute approximate surface area is 175 Å². The molecule has 156 valence electrons. The molecule has 0 bridgehead atoms. The molecule has 4 rings (SSSR count). The van der Waals surface area contributed by atoms with Gasteiger partial charge < -0.3 is 15.2 Å². The number of non-ortho nitro benzene ring substituents is 1. The van der Waals surface area contributed by atoms with Crippen LogP contribution in [0.4, 0.5) is 10.1 Å². The first-order valence-electron chi connectivity index (χ1n) is 9.17. The molecule has 1 aliphatic rings. The van der Waals surface area contributed by atoms with E-state index < -0.39 is 16.7 Å². The Morgan fingerprint density at radius 1 is 1.39 bits per heavy atom. The molecule has 1 aliphatic heterocycles. The predicted octanol–water partition coefficient (Wildman–Crippen LogP) is 3.56. The summed E-state index contributed by atoms with van der Waals surface area (Å²) in [5.74, 6) is -0.880. The lowest BCUT2D eigenvalue weighted by molar-refractivity contribution is -0.384. The van der Waals surface area contributed by atoms with Gasteiger partial charge in [-0.15, -0.1) is 5.10 Å². The highest BCUT2D eigenvalue weighted by Crippen LogP contribution is 2.46. The van der Waals surface area contributed by atoms with E-state index in [0.717, 1.165) is 0 Å². The summed E-state index contributed by atoms with van der Waals surface area (Å²) in [6.07, 6.45) is 0. The molecule has 0 fully saturated rings. The molecule has 31 heavy (non-hydrogen) atoms. The van der Waals surface area contributed by atoms with Crippen molar-refractivity contribution in [3.63, 3.8) is 0 Å². The number of allylic oxidation sites excluding steroid dienone is 1. The van der Waals surface area contributed by atoms with E-state index in [1.54, 1.807) is 19.1 Å². The molecule has 2 aromatic carbocycles. The monoisotopic (exact) mass is 421 g/mol. The van der Waals surface area contributed by atoms with Crippen molar-refractivity contribution in [3.05, 3.63) is 92.2 Å². The predicted molar refractivity (Wildman–Crippen MR) is 106 cm³/mol. The summed E-state index contributed by atoms with van der Waals surface area (Å²) >= 11 is 0. The molecule has 0 radical (unpaired) electrons. The van der Waals surface area contributed by atoms with Crippen LogP contribution < -0.4 is 15.2 Å². The molecule has 0 amide bonds. The second-order valence-corrected chi connectivity index (χ2v) is 6.89. The fourth-order valence-electron chi connectivity index (χ4n) is 3.50. The van der Waals surface area contributed by atoms with Crippen LogP contribution in [0.5, 0.6) is 11.6 Å². The van der Waals surface area contributed by atoms with Crippen molar-refractivity contribution in [2.24, 2.45) is 5.73 Å². The molecule has 0 spiro atoms. The number of nitro groups is 1. The van der Waals surface area contributed by atoms with Crippen LogP contribution in [0.2, 0.25) is 0 Å². The minimum Gasteiger partial charge on any atom is -0.489 e. The first kappa shape index (κ1) is 19.9. The summed E-state index contributed by atoms with van der Waals surface area (Å²) in [5.41, 5.74) is 7.90. The standard InChI is InChI=1S/C21H16FN5O4/c1-11-18-19(16(9-23)20(24)31-21(18)26-25-11)15-8-14(27(28)29)5-6-17(15)30-10-12-3-2-4-13(22)7-12/h2-8,19H,10,24H2,1H3,(H,25,26)/t19-/m0/s1. The molecule has 3 aromatic rings. The van der Waals surface area contributed by atoms with Crippen LogP contribution >= 0.6 is 0 Å². The van der Waals surface area contributed by atoms with Crippen molar-refractivity contribution in [1.82, 2.24) is 10.2 Å². The first-order valence-corrected chi connectivity index (χ1v) is 9.17. The molecular weight excluding hydrogens is 405 g/mol. The number of hydrogen-bond acceptors (Lipinski definition) is 7.